The highest BCUT2D eigenvalue weighted by Gasteiger charge is 2.28. The third kappa shape index (κ3) is 5.30. The minimum absolute atomic E-state index is 0.0724. The summed E-state index contributed by atoms with van der Waals surface area (Å²) in [5.41, 5.74) is 0.466. The average Bonchev–Trinajstić information content (AvgIpc) is 3.61. The number of hydrogen-bond acceptors (Lipinski definition) is 8. The molecule has 1 unspecified atom stereocenters. The van der Waals surface area contributed by atoms with Gasteiger partial charge in [-0.1, -0.05) is 11.8 Å². The van der Waals surface area contributed by atoms with Gasteiger partial charge in [0, 0.05) is 50.6 Å². The SMILES string of the molecule is O=C(NC1=NC(CC(=O)N2CCN(CC(=O)N3CCCC3)CC2)CS1)c1ccc2c(c1)OCO2. The van der Waals surface area contributed by atoms with Gasteiger partial charge in [0.05, 0.1) is 19.0 Å². The second kappa shape index (κ2) is 10.2. The number of hydrogen-bond donors (Lipinski definition) is 1. The summed E-state index contributed by atoms with van der Waals surface area (Å²) in [5.74, 6) is 1.84. The fourth-order valence-electron chi connectivity index (χ4n) is 4.54. The molecule has 5 rings (SSSR count). The van der Waals surface area contributed by atoms with E-state index >= 15 is 0 Å². The molecule has 4 aliphatic heterocycles. The van der Waals surface area contributed by atoms with E-state index in [-0.39, 0.29) is 30.6 Å². The topological polar surface area (TPSA) is 104 Å². The molecule has 3 amide bonds. The highest BCUT2D eigenvalue weighted by Crippen LogP contribution is 2.32. The number of carbonyl (C=O) groups is 3. The highest BCUT2D eigenvalue weighted by molar-refractivity contribution is 8.14. The van der Waals surface area contributed by atoms with Crippen molar-refractivity contribution in [1.82, 2.24) is 20.0 Å². The Hall–Kier alpha value is -2.79. The molecule has 0 radical (unpaired) electrons. The number of aliphatic imine (C=N–C) groups is 1. The van der Waals surface area contributed by atoms with Crippen LogP contribution in [-0.2, 0) is 9.59 Å². The Kier molecular flexibility index (Phi) is 6.91. The van der Waals surface area contributed by atoms with E-state index in [0.717, 1.165) is 25.9 Å². The molecule has 4 aliphatic rings. The first-order valence-electron chi connectivity index (χ1n) is 11.7. The summed E-state index contributed by atoms with van der Waals surface area (Å²) in [6.07, 6.45) is 2.52. The summed E-state index contributed by atoms with van der Waals surface area (Å²) in [6.45, 7) is 5.03. The highest BCUT2D eigenvalue weighted by atomic mass is 32.2. The largest absolute Gasteiger partial charge is 0.454 e. The van der Waals surface area contributed by atoms with Crippen molar-refractivity contribution in [2.45, 2.75) is 25.3 Å². The molecule has 10 nitrogen and oxygen atoms in total. The van der Waals surface area contributed by atoms with E-state index < -0.39 is 0 Å². The molecular formula is C23H29N5O5S. The van der Waals surface area contributed by atoms with Crippen molar-refractivity contribution < 1.29 is 23.9 Å². The molecule has 0 aromatic heterocycles. The van der Waals surface area contributed by atoms with Gasteiger partial charge in [0.15, 0.2) is 16.7 Å². The van der Waals surface area contributed by atoms with Gasteiger partial charge in [0.25, 0.3) is 5.91 Å². The van der Waals surface area contributed by atoms with Crippen LogP contribution in [0.5, 0.6) is 11.5 Å². The zero-order valence-electron chi connectivity index (χ0n) is 19.0. The lowest BCUT2D eigenvalue weighted by Gasteiger charge is -2.35. The third-order valence-corrected chi connectivity index (χ3v) is 7.55. The Morgan fingerprint density at radius 1 is 0.971 bits per heavy atom. The lowest BCUT2D eigenvalue weighted by molar-refractivity contribution is -0.134. The van der Waals surface area contributed by atoms with Crippen molar-refractivity contribution in [3.05, 3.63) is 23.8 Å². The molecule has 1 aromatic carbocycles. The Labute approximate surface area is 202 Å². The summed E-state index contributed by atoms with van der Waals surface area (Å²) < 4.78 is 10.6. The zero-order valence-corrected chi connectivity index (χ0v) is 19.8. The molecular weight excluding hydrogens is 458 g/mol. The van der Waals surface area contributed by atoms with Crippen LogP contribution in [0.3, 0.4) is 0 Å². The monoisotopic (exact) mass is 487 g/mol. The minimum Gasteiger partial charge on any atom is -0.454 e. The normalized spacial score (nSPS) is 22.1. The van der Waals surface area contributed by atoms with Crippen molar-refractivity contribution in [3.63, 3.8) is 0 Å². The molecule has 34 heavy (non-hydrogen) atoms. The molecule has 2 fully saturated rings. The second-order valence-electron chi connectivity index (χ2n) is 8.87. The predicted molar refractivity (Wildman–Crippen MR) is 127 cm³/mol. The predicted octanol–water partition coefficient (Wildman–Crippen LogP) is 0.773. The maximum absolute atomic E-state index is 12.8. The Morgan fingerprint density at radius 2 is 1.71 bits per heavy atom. The van der Waals surface area contributed by atoms with Crippen molar-refractivity contribution in [2.24, 2.45) is 4.99 Å². The summed E-state index contributed by atoms with van der Waals surface area (Å²) in [7, 11) is 0. The van der Waals surface area contributed by atoms with Gasteiger partial charge in [-0.3, -0.25) is 24.3 Å². The van der Waals surface area contributed by atoms with Crippen LogP contribution < -0.4 is 14.8 Å². The van der Waals surface area contributed by atoms with Gasteiger partial charge in [0.2, 0.25) is 18.6 Å². The van der Waals surface area contributed by atoms with Gasteiger partial charge in [0.1, 0.15) is 0 Å². The molecule has 2 saturated heterocycles. The average molecular weight is 488 g/mol. The fraction of sp³-hybridized carbons (Fsp3) is 0.565. The number of thioether (sulfide) groups is 1. The quantitative estimate of drug-likeness (QED) is 0.654. The first kappa shape index (κ1) is 23.0. The maximum Gasteiger partial charge on any atom is 0.257 e. The van der Waals surface area contributed by atoms with E-state index in [2.05, 4.69) is 15.2 Å². The molecule has 0 bridgehead atoms. The van der Waals surface area contributed by atoms with E-state index in [1.807, 2.05) is 9.80 Å². The number of ether oxygens (including phenoxy) is 2. The van der Waals surface area contributed by atoms with Crippen LogP contribution >= 0.6 is 11.8 Å². The molecule has 0 saturated carbocycles. The number of benzene rings is 1. The van der Waals surface area contributed by atoms with Crippen LogP contribution in [0.2, 0.25) is 0 Å². The van der Waals surface area contributed by atoms with Gasteiger partial charge in [-0.25, -0.2) is 0 Å². The molecule has 1 aromatic rings. The van der Waals surface area contributed by atoms with Crippen LogP contribution in [0.25, 0.3) is 0 Å². The van der Waals surface area contributed by atoms with Gasteiger partial charge >= 0.3 is 0 Å². The van der Waals surface area contributed by atoms with Gasteiger partial charge in [-0.05, 0) is 31.0 Å². The maximum atomic E-state index is 12.8. The Bertz CT molecular complexity index is 988. The van der Waals surface area contributed by atoms with Crippen LogP contribution in [0.1, 0.15) is 29.6 Å². The first-order valence-corrected chi connectivity index (χ1v) is 12.7. The molecule has 4 heterocycles. The van der Waals surface area contributed by atoms with Crippen LogP contribution in [0.15, 0.2) is 23.2 Å². The Balaban J connectivity index is 1.06. The molecule has 0 aliphatic carbocycles. The third-order valence-electron chi connectivity index (χ3n) is 6.52. The van der Waals surface area contributed by atoms with E-state index in [1.165, 1.54) is 11.8 Å². The van der Waals surface area contributed by atoms with E-state index in [1.54, 1.807) is 18.2 Å². The number of fused-ring (bicyclic) bond motifs is 1. The number of nitrogens with one attached hydrogen (secondary N) is 1. The lowest BCUT2D eigenvalue weighted by atomic mass is 10.2. The second-order valence-corrected chi connectivity index (χ2v) is 9.88. The number of amides is 3. The van der Waals surface area contributed by atoms with E-state index in [4.69, 9.17) is 9.47 Å². The minimum atomic E-state index is -0.267. The number of carbonyl (C=O) groups excluding carboxylic acids is 3. The summed E-state index contributed by atoms with van der Waals surface area (Å²) in [4.78, 5) is 48.2. The van der Waals surface area contributed by atoms with E-state index in [9.17, 15) is 14.4 Å². The first-order chi connectivity index (χ1) is 16.5. The zero-order chi connectivity index (χ0) is 23.5. The number of piperazine rings is 1. The van der Waals surface area contributed by atoms with Crippen LogP contribution in [0.4, 0.5) is 0 Å². The summed E-state index contributed by atoms with van der Waals surface area (Å²) in [6, 6.07) is 4.89. The lowest BCUT2D eigenvalue weighted by Crippen LogP contribution is -2.51. The number of amidine groups is 1. The van der Waals surface area contributed by atoms with Gasteiger partial charge < -0.3 is 24.6 Å². The van der Waals surface area contributed by atoms with Gasteiger partial charge in [-0.15, -0.1) is 0 Å². The number of nitrogens with zero attached hydrogens (tertiary/aromatic N) is 4. The molecule has 11 heteroatoms. The summed E-state index contributed by atoms with van der Waals surface area (Å²) in [5, 5.41) is 3.36. The molecule has 1 atom stereocenters. The summed E-state index contributed by atoms with van der Waals surface area (Å²) >= 11 is 1.45. The van der Waals surface area contributed by atoms with Crippen molar-refractivity contribution in [2.75, 3.05) is 58.4 Å². The van der Waals surface area contributed by atoms with Crippen molar-refractivity contribution in [1.29, 1.82) is 0 Å². The van der Waals surface area contributed by atoms with E-state index in [0.29, 0.717) is 67.1 Å². The van der Waals surface area contributed by atoms with Crippen molar-refractivity contribution in [3.8, 4) is 11.5 Å². The standard InChI is InChI=1S/C23H29N5O5S/c29-20(28-9-7-26(8-10-28)13-21(30)27-5-1-2-6-27)12-17-14-34-23(24-17)25-22(31)16-3-4-18-19(11-16)33-15-32-18/h3-4,11,17H,1-2,5-10,12-15H2,(H,24,25,31). The van der Waals surface area contributed by atoms with Crippen LogP contribution in [-0.4, -0.2) is 102 Å². The number of likely N-dealkylation sites (tertiary alicyclic amines) is 1. The molecule has 182 valence electrons. The molecule has 1 N–H and O–H groups in total. The van der Waals surface area contributed by atoms with Crippen molar-refractivity contribution >= 4 is 34.7 Å². The molecule has 0 spiro atoms. The number of rotatable bonds is 5. The fourth-order valence-corrected chi connectivity index (χ4v) is 5.47. The van der Waals surface area contributed by atoms with Gasteiger partial charge in [-0.2, -0.15) is 0 Å². The van der Waals surface area contributed by atoms with Crippen LogP contribution in [0, 0.1) is 0 Å². The smallest absolute Gasteiger partial charge is 0.257 e. The Morgan fingerprint density at radius 3 is 2.50 bits per heavy atom.